The van der Waals surface area contributed by atoms with E-state index in [1.165, 1.54) is 38.5 Å². The van der Waals surface area contributed by atoms with E-state index in [1.807, 2.05) is 0 Å². The zero-order chi connectivity index (χ0) is 17.9. The molecule has 5 heteroatoms. The SMILES string of the molecule is CCNC(=NCC1(N(C)C)CCCC(C)C1)N1CCC2(CCOC2)C1. The number of likely N-dealkylation sites (tertiary alicyclic amines) is 1. The van der Waals surface area contributed by atoms with Gasteiger partial charge in [-0.1, -0.05) is 19.8 Å². The van der Waals surface area contributed by atoms with Crippen molar-refractivity contribution in [1.82, 2.24) is 15.1 Å². The van der Waals surface area contributed by atoms with Crippen LogP contribution < -0.4 is 5.32 Å². The van der Waals surface area contributed by atoms with Gasteiger partial charge in [-0.2, -0.15) is 0 Å². The van der Waals surface area contributed by atoms with Crippen LogP contribution in [-0.2, 0) is 4.74 Å². The van der Waals surface area contributed by atoms with E-state index >= 15 is 0 Å². The Hall–Kier alpha value is -0.810. The highest BCUT2D eigenvalue weighted by atomic mass is 16.5. The third kappa shape index (κ3) is 4.13. The average molecular weight is 351 g/mol. The molecule has 1 aliphatic carbocycles. The van der Waals surface area contributed by atoms with E-state index in [0.717, 1.165) is 51.3 Å². The first kappa shape index (κ1) is 19.0. The van der Waals surface area contributed by atoms with Crippen molar-refractivity contribution in [3.8, 4) is 0 Å². The van der Waals surface area contributed by atoms with E-state index in [1.54, 1.807) is 0 Å². The predicted molar refractivity (Wildman–Crippen MR) is 104 cm³/mol. The molecular formula is C20H38N4O. The predicted octanol–water partition coefficient (Wildman–Crippen LogP) is 2.57. The molecular weight excluding hydrogens is 312 g/mol. The van der Waals surface area contributed by atoms with Crippen molar-refractivity contribution in [1.29, 1.82) is 0 Å². The molecule has 144 valence electrons. The van der Waals surface area contributed by atoms with E-state index < -0.39 is 0 Å². The largest absolute Gasteiger partial charge is 0.381 e. The molecule has 3 rings (SSSR count). The number of nitrogens with zero attached hydrogens (tertiary/aromatic N) is 3. The highest BCUT2D eigenvalue weighted by molar-refractivity contribution is 5.80. The Morgan fingerprint density at radius 3 is 2.80 bits per heavy atom. The molecule has 3 atom stereocenters. The van der Waals surface area contributed by atoms with Gasteiger partial charge < -0.3 is 19.9 Å². The maximum absolute atomic E-state index is 5.69. The van der Waals surface area contributed by atoms with Crippen LogP contribution in [0.2, 0.25) is 0 Å². The van der Waals surface area contributed by atoms with Crippen molar-refractivity contribution in [2.24, 2.45) is 16.3 Å². The van der Waals surface area contributed by atoms with Gasteiger partial charge in [-0.3, -0.25) is 4.99 Å². The van der Waals surface area contributed by atoms with Crippen LogP contribution in [0.1, 0.15) is 52.4 Å². The average Bonchev–Trinajstić information content (AvgIpc) is 3.22. The Labute approximate surface area is 154 Å². The van der Waals surface area contributed by atoms with Crippen molar-refractivity contribution in [3.63, 3.8) is 0 Å². The van der Waals surface area contributed by atoms with Crippen LogP contribution in [0.15, 0.2) is 4.99 Å². The molecule has 0 amide bonds. The minimum atomic E-state index is 0.228. The van der Waals surface area contributed by atoms with Gasteiger partial charge in [-0.15, -0.1) is 0 Å². The van der Waals surface area contributed by atoms with Crippen molar-refractivity contribution < 1.29 is 4.74 Å². The number of guanidine groups is 1. The molecule has 1 saturated carbocycles. The summed E-state index contributed by atoms with van der Waals surface area (Å²) in [7, 11) is 4.47. The zero-order valence-electron chi connectivity index (χ0n) is 16.8. The molecule has 3 fully saturated rings. The lowest BCUT2D eigenvalue weighted by Crippen LogP contribution is -2.51. The van der Waals surface area contributed by atoms with E-state index in [9.17, 15) is 0 Å². The lowest BCUT2D eigenvalue weighted by atomic mass is 9.75. The third-order valence-corrected chi connectivity index (χ3v) is 6.80. The molecule has 25 heavy (non-hydrogen) atoms. The summed E-state index contributed by atoms with van der Waals surface area (Å²) in [6, 6.07) is 0. The summed E-state index contributed by atoms with van der Waals surface area (Å²) >= 11 is 0. The number of likely N-dealkylation sites (N-methyl/N-ethyl adjacent to an activating group) is 1. The maximum Gasteiger partial charge on any atom is 0.194 e. The Morgan fingerprint density at radius 1 is 1.32 bits per heavy atom. The number of rotatable bonds is 4. The van der Waals surface area contributed by atoms with Gasteiger partial charge in [0.1, 0.15) is 0 Å². The standard InChI is InChI=1S/C20H38N4O/c1-5-21-18(24-11-9-19(15-24)10-12-25-16-19)22-14-20(23(3)4)8-6-7-17(2)13-20/h17H,5-16H2,1-4H3,(H,21,22). The van der Waals surface area contributed by atoms with Gasteiger partial charge in [0.25, 0.3) is 0 Å². The molecule has 0 bridgehead atoms. The molecule has 2 aliphatic heterocycles. The quantitative estimate of drug-likeness (QED) is 0.625. The van der Waals surface area contributed by atoms with E-state index in [4.69, 9.17) is 9.73 Å². The van der Waals surface area contributed by atoms with Gasteiger partial charge in [-0.05, 0) is 52.6 Å². The second kappa shape index (κ2) is 7.83. The van der Waals surface area contributed by atoms with E-state index in [0.29, 0.717) is 5.41 Å². The molecule has 3 aliphatic rings. The van der Waals surface area contributed by atoms with Crippen molar-refractivity contribution in [2.45, 2.75) is 57.9 Å². The molecule has 1 N–H and O–H groups in total. The molecule has 0 aromatic rings. The summed E-state index contributed by atoms with van der Waals surface area (Å²) < 4.78 is 5.69. The van der Waals surface area contributed by atoms with Crippen LogP contribution in [0.4, 0.5) is 0 Å². The fourth-order valence-corrected chi connectivity index (χ4v) is 5.06. The summed E-state index contributed by atoms with van der Waals surface area (Å²) in [6.07, 6.45) is 7.69. The Morgan fingerprint density at radius 2 is 2.16 bits per heavy atom. The fourth-order valence-electron chi connectivity index (χ4n) is 5.06. The summed E-state index contributed by atoms with van der Waals surface area (Å²) in [5.74, 6) is 1.92. The number of nitrogens with one attached hydrogen (secondary N) is 1. The summed E-state index contributed by atoms with van der Waals surface area (Å²) in [5.41, 5.74) is 0.612. The second-order valence-electron chi connectivity index (χ2n) is 8.96. The van der Waals surface area contributed by atoms with Gasteiger partial charge >= 0.3 is 0 Å². The first-order valence-electron chi connectivity index (χ1n) is 10.3. The van der Waals surface area contributed by atoms with Gasteiger partial charge in [0.15, 0.2) is 5.96 Å². The van der Waals surface area contributed by atoms with Crippen molar-refractivity contribution in [3.05, 3.63) is 0 Å². The normalized spacial score (nSPS) is 36.6. The van der Waals surface area contributed by atoms with Crippen LogP contribution in [-0.4, -0.2) is 74.8 Å². The van der Waals surface area contributed by atoms with Crippen LogP contribution in [0.3, 0.4) is 0 Å². The Bertz CT molecular complexity index is 472. The molecule has 5 nitrogen and oxygen atoms in total. The topological polar surface area (TPSA) is 40.1 Å². The van der Waals surface area contributed by atoms with E-state index in [-0.39, 0.29) is 5.54 Å². The van der Waals surface area contributed by atoms with Gasteiger partial charge in [-0.25, -0.2) is 0 Å². The van der Waals surface area contributed by atoms with Crippen LogP contribution in [0, 0.1) is 11.3 Å². The van der Waals surface area contributed by atoms with Gasteiger partial charge in [0, 0.05) is 37.2 Å². The molecule has 0 aromatic heterocycles. The summed E-state index contributed by atoms with van der Waals surface area (Å²) in [4.78, 5) is 10.1. The minimum absolute atomic E-state index is 0.228. The molecule has 2 saturated heterocycles. The van der Waals surface area contributed by atoms with Gasteiger partial charge in [0.2, 0.25) is 0 Å². The molecule has 3 unspecified atom stereocenters. The van der Waals surface area contributed by atoms with Crippen LogP contribution >= 0.6 is 0 Å². The zero-order valence-corrected chi connectivity index (χ0v) is 16.8. The minimum Gasteiger partial charge on any atom is -0.381 e. The summed E-state index contributed by atoms with van der Waals surface area (Å²) in [6.45, 7) is 10.5. The molecule has 0 aromatic carbocycles. The van der Waals surface area contributed by atoms with E-state index in [2.05, 4.69) is 43.1 Å². The molecule has 1 spiro atoms. The first-order chi connectivity index (χ1) is 12.0. The lowest BCUT2D eigenvalue weighted by Gasteiger charge is -2.44. The number of aliphatic imine (C=N–C) groups is 1. The van der Waals surface area contributed by atoms with Gasteiger partial charge in [0.05, 0.1) is 13.2 Å². The smallest absolute Gasteiger partial charge is 0.194 e. The monoisotopic (exact) mass is 350 g/mol. The maximum atomic E-state index is 5.69. The van der Waals surface area contributed by atoms with Crippen LogP contribution in [0.5, 0.6) is 0 Å². The molecule has 0 radical (unpaired) electrons. The highest BCUT2D eigenvalue weighted by Gasteiger charge is 2.42. The number of ether oxygens (including phenoxy) is 1. The Kier molecular flexibility index (Phi) is 5.94. The first-order valence-corrected chi connectivity index (χ1v) is 10.3. The van der Waals surface area contributed by atoms with Crippen LogP contribution in [0.25, 0.3) is 0 Å². The fraction of sp³-hybridized carbons (Fsp3) is 0.950. The molecule has 2 heterocycles. The Balaban J connectivity index is 1.71. The lowest BCUT2D eigenvalue weighted by molar-refractivity contribution is 0.0842. The highest BCUT2D eigenvalue weighted by Crippen LogP contribution is 2.39. The van der Waals surface area contributed by atoms with Crippen molar-refractivity contribution >= 4 is 5.96 Å². The second-order valence-corrected chi connectivity index (χ2v) is 8.96. The number of hydrogen-bond acceptors (Lipinski definition) is 3. The third-order valence-electron chi connectivity index (χ3n) is 6.80. The van der Waals surface area contributed by atoms with Crippen molar-refractivity contribution in [2.75, 3.05) is 53.5 Å². The number of hydrogen-bond donors (Lipinski definition) is 1. The summed E-state index contributed by atoms with van der Waals surface area (Å²) in [5, 5.41) is 3.55.